The van der Waals surface area contributed by atoms with Gasteiger partial charge in [-0.2, -0.15) is 0 Å². The molecule has 0 saturated carbocycles. The molecule has 1 amide bonds. The van der Waals surface area contributed by atoms with Gasteiger partial charge in [-0.25, -0.2) is 4.39 Å². The highest BCUT2D eigenvalue weighted by atomic mass is 35.5. The van der Waals surface area contributed by atoms with E-state index in [1.165, 1.54) is 23.9 Å². The second-order valence-corrected chi connectivity index (χ2v) is 7.66. The smallest absolute Gasteiger partial charge is 0.220 e. The van der Waals surface area contributed by atoms with Crippen LogP contribution < -0.4 is 5.32 Å². The molecule has 0 saturated heterocycles. The number of halogens is 3. The number of carbonyl (C=O) groups is 1. The van der Waals surface area contributed by atoms with Crippen molar-refractivity contribution in [2.45, 2.75) is 30.8 Å². The van der Waals surface area contributed by atoms with Gasteiger partial charge in [0.25, 0.3) is 0 Å². The first-order valence-corrected chi connectivity index (χ1v) is 10.3. The first kappa shape index (κ1) is 20.6. The van der Waals surface area contributed by atoms with Crippen LogP contribution in [0.25, 0.3) is 5.69 Å². The van der Waals surface area contributed by atoms with Crippen LogP contribution in [-0.4, -0.2) is 20.7 Å². The van der Waals surface area contributed by atoms with Gasteiger partial charge in [-0.1, -0.05) is 54.0 Å². The van der Waals surface area contributed by atoms with Crippen molar-refractivity contribution in [1.82, 2.24) is 20.1 Å². The SMILES string of the molecule is CCC(=O)NCc1nnc(SCc2ccc(F)cc2)n1-c1cc(Cl)ccc1Cl. The summed E-state index contributed by atoms with van der Waals surface area (Å²) < 4.78 is 14.9. The lowest BCUT2D eigenvalue weighted by molar-refractivity contribution is -0.120. The first-order valence-electron chi connectivity index (χ1n) is 8.51. The van der Waals surface area contributed by atoms with Crippen molar-refractivity contribution in [3.8, 4) is 5.69 Å². The lowest BCUT2D eigenvalue weighted by Gasteiger charge is -2.13. The summed E-state index contributed by atoms with van der Waals surface area (Å²) in [5, 5.41) is 12.9. The summed E-state index contributed by atoms with van der Waals surface area (Å²) in [5.74, 6) is 0.731. The number of hydrogen-bond acceptors (Lipinski definition) is 4. The van der Waals surface area contributed by atoms with Gasteiger partial charge >= 0.3 is 0 Å². The van der Waals surface area contributed by atoms with Crippen molar-refractivity contribution in [2.24, 2.45) is 0 Å². The second kappa shape index (κ2) is 9.41. The molecule has 0 spiro atoms. The van der Waals surface area contributed by atoms with Crippen LogP contribution >= 0.6 is 35.0 Å². The third-order valence-corrected chi connectivity index (χ3v) is 5.45. The Hall–Kier alpha value is -2.09. The summed E-state index contributed by atoms with van der Waals surface area (Å²) in [7, 11) is 0. The van der Waals surface area contributed by atoms with Crippen molar-refractivity contribution in [2.75, 3.05) is 0 Å². The molecule has 0 aliphatic rings. The molecule has 5 nitrogen and oxygen atoms in total. The fraction of sp³-hybridized carbons (Fsp3) is 0.211. The summed E-state index contributed by atoms with van der Waals surface area (Å²) in [6.07, 6.45) is 0.373. The van der Waals surface area contributed by atoms with Crippen LogP contribution in [-0.2, 0) is 17.1 Å². The van der Waals surface area contributed by atoms with Crippen molar-refractivity contribution in [3.63, 3.8) is 0 Å². The highest BCUT2D eigenvalue weighted by Gasteiger charge is 2.18. The van der Waals surface area contributed by atoms with Crippen LogP contribution in [0.3, 0.4) is 0 Å². The van der Waals surface area contributed by atoms with Gasteiger partial charge in [-0.3, -0.25) is 9.36 Å². The van der Waals surface area contributed by atoms with E-state index in [4.69, 9.17) is 23.2 Å². The lowest BCUT2D eigenvalue weighted by atomic mass is 10.2. The molecular weight excluding hydrogens is 422 g/mol. The lowest BCUT2D eigenvalue weighted by Crippen LogP contribution is -2.23. The maximum absolute atomic E-state index is 13.1. The van der Waals surface area contributed by atoms with Crippen LogP contribution in [0.2, 0.25) is 10.0 Å². The van der Waals surface area contributed by atoms with Gasteiger partial charge in [0.1, 0.15) is 5.82 Å². The predicted octanol–water partition coefficient (Wildman–Crippen LogP) is 5.03. The third kappa shape index (κ3) is 5.04. The molecule has 28 heavy (non-hydrogen) atoms. The molecule has 3 rings (SSSR count). The Kier molecular flexibility index (Phi) is 6.93. The Morgan fingerprint density at radius 1 is 1.18 bits per heavy atom. The first-order chi connectivity index (χ1) is 13.5. The number of amides is 1. The molecule has 0 aliphatic carbocycles. The van der Waals surface area contributed by atoms with Crippen LogP contribution in [0.4, 0.5) is 4.39 Å². The molecule has 0 atom stereocenters. The molecule has 0 bridgehead atoms. The largest absolute Gasteiger partial charge is 0.349 e. The Balaban J connectivity index is 1.92. The average molecular weight is 439 g/mol. The number of nitrogens with zero attached hydrogens (tertiary/aromatic N) is 3. The minimum atomic E-state index is -0.281. The van der Waals surface area contributed by atoms with Gasteiger partial charge < -0.3 is 5.32 Å². The highest BCUT2D eigenvalue weighted by Crippen LogP contribution is 2.30. The zero-order chi connectivity index (χ0) is 20.1. The maximum Gasteiger partial charge on any atom is 0.220 e. The summed E-state index contributed by atoms with van der Waals surface area (Å²) in [6, 6.07) is 11.4. The molecule has 3 aromatic rings. The van der Waals surface area contributed by atoms with Crippen LogP contribution in [0.5, 0.6) is 0 Å². The molecule has 0 aliphatic heterocycles. The fourth-order valence-corrected chi connectivity index (χ4v) is 3.73. The van der Waals surface area contributed by atoms with E-state index in [9.17, 15) is 9.18 Å². The monoisotopic (exact) mass is 438 g/mol. The zero-order valence-corrected chi connectivity index (χ0v) is 17.3. The average Bonchev–Trinajstić information content (AvgIpc) is 3.10. The molecule has 2 aromatic carbocycles. The quantitative estimate of drug-likeness (QED) is 0.525. The predicted molar refractivity (Wildman–Crippen MR) is 109 cm³/mol. The molecule has 1 aromatic heterocycles. The molecule has 1 heterocycles. The highest BCUT2D eigenvalue weighted by molar-refractivity contribution is 7.98. The number of thioether (sulfide) groups is 1. The van der Waals surface area contributed by atoms with E-state index in [0.717, 1.165) is 5.56 Å². The Morgan fingerprint density at radius 3 is 2.64 bits per heavy atom. The Bertz CT molecular complexity index is 979. The molecule has 1 N–H and O–H groups in total. The molecule has 0 radical (unpaired) electrons. The van der Waals surface area contributed by atoms with E-state index in [-0.39, 0.29) is 18.3 Å². The number of rotatable bonds is 7. The number of hydrogen-bond donors (Lipinski definition) is 1. The van der Waals surface area contributed by atoms with Crippen LogP contribution in [0, 0.1) is 5.82 Å². The summed E-state index contributed by atoms with van der Waals surface area (Å²) in [5.41, 5.74) is 1.57. The van der Waals surface area contributed by atoms with E-state index in [2.05, 4.69) is 15.5 Å². The van der Waals surface area contributed by atoms with Gasteiger partial charge in [0.15, 0.2) is 11.0 Å². The van der Waals surface area contributed by atoms with E-state index >= 15 is 0 Å². The van der Waals surface area contributed by atoms with Gasteiger partial charge in [-0.05, 0) is 35.9 Å². The number of carbonyl (C=O) groups excluding carboxylic acids is 1. The normalized spacial score (nSPS) is 10.9. The number of nitrogens with one attached hydrogen (secondary N) is 1. The summed E-state index contributed by atoms with van der Waals surface area (Å²) in [4.78, 5) is 11.6. The van der Waals surface area contributed by atoms with Crippen molar-refractivity contribution in [3.05, 3.63) is 69.7 Å². The second-order valence-electron chi connectivity index (χ2n) is 5.88. The molecular formula is C19H17Cl2FN4OS. The summed E-state index contributed by atoms with van der Waals surface area (Å²) >= 11 is 14.0. The maximum atomic E-state index is 13.1. The van der Waals surface area contributed by atoms with E-state index < -0.39 is 0 Å². The van der Waals surface area contributed by atoms with Crippen molar-refractivity contribution >= 4 is 40.9 Å². The minimum absolute atomic E-state index is 0.0905. The van der Waals surface area contributed by atoms with E-state index in [1.54, 1.807) is 41.8 Å². The van der Waals surface area contributed by atoms with Crippen molar-refractivity contribution < 1.29 is 9.18 Å². The number of benzene rings is 2. The molecule has 0 fully saturated rings. The standard InChI is InChI=1S/C19H17Cl2FN4OS/c1-2-18(27)23-10-17-24-25-19(28-11-12-3-6-14(22)7-4-12)26(17)16-9-13(20)5-8-15(16)21/h3-9H,2,10-11H2,1H3,(H,23,27). The number of aromatic nitrogens is 3. The zero-order valence-electron chi connectivity index (χ0n) is 15.0. The van der Waals surface area contributed by atoms with E-state index in [0.29, 0.717) is 38.9 Å². The topological polar surface area (TPSA) is 59.8 Å². The van der Waals surface area contributed by atoms with Crippen LogP contribution in [0.1, 0.15) is 24.7 Å². The molecule has 9 heteroatoms. The van der Waals surface area contributed by atoms with Crippen molar-refractivity contribution in [1.29, 1.82) is 0 Å². The molecule has 146 valence electrons. The third-order valence-electron chi connectivity index (χ3n) is 3.90. The van der Waals surface area contributed by atoms with Gasteiger partial charge in [0.05, 0.1) is 17.3 Å². The molecule has 0 unspecified atom stereocenters. The fourth-order valence-electron chi connectivity index (χ4n) is 2.44. The Labute approximate surface area is 176 Å². The Morgan fingerprint density at radius 2 is 1.93 bits per heavy atom. The summed E-state index contributed by atoms with van der Waals surface area (Å²) in [6.45, 7) is 1.98. The van der Waals surface area contributed by atoms with Gasteiger partial charge in [0.2, 0.25) is 5.91 Å². The van der Waals surface area contributed by atoms with Gasteiger partial charge in [-0.15, -0.1) is 10.2 Å². The van der Waals surface area contributed by atoms with Crippen LogP contribution in [0.15, 0.2) is 47.6 Å². The minimum Gasteiger partial charge on any atom is -0.349 e. The van der Waals surface area contributed by atoms with E-state index in [1.807, 2.05) is 0 Å². The van der Waals surface area contributed by atoms with Gasteiger partial charge in [0, 0.05) is 17.2 Å².